The third kappa shape index (κ3) is 4.48. The van der Waals surface area contributed by atoms with Crippen molar-refractivity contribution >= 4 is 28.9 Å². The minimum Gasteiger partial charge on any atom is -0.506 e. The number of anilines is 2. The van der Waals surface area contributed by atoms with Crippen LogP contribution in [0.4, 0.5) is 11.4 Å². The summed E-state index contributed by atoms with van der Waals surface area (Å²) < 4.78 is 4.84. The highest BCUT2D eigenvalue weighted by Crippen LogP contribution is 2.21. The van der Waals surface area contributed by atoms with Crippen LogP contribution < -0.4 is 10.6 Å². The minimum atomic E-state index is -0.828. The number of amides is 2. The number of nitrogens with one attached hydrogen (secondary N) is 2. The Kier molecular flexibility index (Phi) is 5.71. The van der Waals surface area contributed by atoms with Crippen molar-refractivity contribution in [3.8, 4) is 6.07 Å². The van der Waals surface area contributed by atoms with Crippen LogP contribution in [0.15, 0.2) is 70.9 Å². The van der Waals surface area contributed by atoms with E-state index in [1.165, 1.54) is 12.3 Å². The average molecular weight is 388 g/mol. The second-order valence-corrected chi connectivity index (χ2v) is 5.99. The first kappa shape index (κ1) is 19.4. The minimum absolute atomic E-state index is 0.146. The number of aliphatic hydroxyl groups is 1. The van der Waals surface area contributed by atoms with E-state index >= 15 is 0 Å². The fraction of sp³-hybridized carbons (Fsp3) is 0.0476. The molecule has 0 aliphatic rings. The van der Waals surface area contributed by atoms with E-state index in [1.54, 1.807) is 55.5 Å². The first-order chi connectivity index (χ1) is 14.0. The van der Waals surface area contributed by atoms with Crippen LogP contribution in [0, 0.1) is 18.3 Å². The molecule has 1 aromatic heterocycles. The number of aromatic nitrogens is 1. The number of benzene rings is 2. The topological polar surface area (TPSA) is 128 Å². The Bertz CT molecular complexity index is 1130. The molecular weight excluding hydrogens is 372 g/mol. The van der Waals surface area contributed by atoms with Crippen LogP contribution in [0.1, 0.15) is 21.7 Å². The lowest BCUT2D eigenvalue weighted by molar-refractivity contribution is -0.112. The van der Waals surface area contributed by atoms with Crippen LogP contribution in [-0.4, -0.2) is 22.1 Å². The highest BCUT2D eigenvalue weighted by molar-refractivity contribution is 6.11. The summed E-state index contributed by atoms with van der Waals surface area (Å²) in [6.45, 7) is 1.54. The maximum absolute atomic E-state index is 12.5. The van der Waals surface area contributed by atoms with Crippen molar-refractivity contribution in [2.45, 2.75) is 6.92 Å². The number of para-hydroxylation sites is 1. The molecule has 0 atom stereocenters. The van der Waals surface area contributed by atoms with E-state index in [1.807, 2.05) is 6.07 Å². The average Bonchev–Trinajstić information content (AvgIpc) is 3.15. The van der Waals surface area contributed by atoms with Crippen molar-refractivity contribution in [2.75, 3.05) is 10.6 Å². The zero-order chi connectivity index (χ0) is 20.8. The van der Waals surface area contributed by atoms with Crippen molar-refractivity contribution in [2.24, 2.45) is 0 Å². The standard InChI is InChI=1S/C21H16N4O4/c1-13-18(12-23-29-13)19(26)17(11-22)21(28)25-16-9-5-6-14(10-16)20(27)24-15-7-3-2-4-8-15/h2-10,12,26H,1H3,(H,24,27)(H,25,28). The number of rotatable bonds is 5. The summed E-state index contributed by atoms with van der Waals surface area (Å²) >= 11 is 0. The van der Waals surface area contributed by atoms with Crippen LogP contribution in [0.25, 0.3) is 5.76 Å². The fourth-order valence-corrected chi connectivity index (χ4v) is 2.53. The van der Waals surface area contributed by atoms with Gasteiger partial charge in [0.25, 0.3) is 11.8 Å². The van der Waals surface area contributed by atoms with Crippen molar-refractivity contribution < 1.29 is 19.2 Å². The van der Waals surface area contributed by atoms with Crippen LogP contribution in [0.3, 0.4) is 0 Å². The maximum atomic E-state index is 12.5. The van der Waals surface area contributed by atoms with Crippen molar-refractivity contribution in [3.05, 3.63) is 83.3 Å². The van der Waals surface area contributed by atoms with Gasteiger partial charge in [0.1, 0.15) is 11.8 Å². The predicted octanol–water partition coefficient (Wildman–Crippen LogP) is 3.67. The van der Waals surface area contributed by atoms with E-state index in [2.05, 4.69) is 15.8 Å². The quantitative estimate of drug-likeness (QED) is 0.347. The lowest BCUT2D eigenvalue weighted by Gasteiger charge is -2.09. The predicted molar refractivity (Wildman–Crippen MR) is 106 cm³/mol. The summed E-state index contributed by atoms with van der Waals surface area (Å²) in [5.74, 6) is -1.46. The van der Waals surface area contributed by atoms with Crippen LogP contribution in [-0.2, 0) is 4.79 Å². The molecule has 3 aromatic rings. The van der Waals surface area contributed by atoms with Gasteiger partial charge in [-0.15, -0.1) is 0 Å². The molecule has 0 bridgehead atoms. The highest BCUT2D eigenvalue weighted by Gasteiger charge is 2.20. The molecule has 144 valence electrons. The number of aryl methyl sites for hydroxylation is 1. The molecule has 0 aliphatic heterocycles. The van der Waals surface area contributed by atoms with Gasteiger partial charge in [-0.05, 0) is 37.3 Å². The molecule has 2 amide bonds. The number of nitrogens with zero attached hydrogens (tertiary/aromatic N) is 2. The Morgan fingerprint density at radius 1 is 1.07 bits per heavy atom. The first-order valence-corrected chi connectivity index (χ1v) is 8.52. The Morgan fingerprint density at radius 2 is 1.79 bits per heavy atom. The Hall–Kier alpha value is -4.38. The van der Waals surface area contributed by atoms with E-state index in [0.29, 0.717) is 16.9 Å². The van der Waals surface area contributed by atoms with Gasteiger partial charge >= 0.3 is 0 Å². The second kappa shape index (κ2) is 8.54. The molecule has 0 fully saturated rings. The molecule has 0 saturated heterocycles. The molecule has 0 saturated carbocycles. The molecule has 8 nitrogen and oxygen atoms in total. The van der Waals surface area contributed by atoms with E-state index in [9.17, 15) is 20.0 Å². The smallest absolute Gasteiger partial charge is 0.270 e. The number of hydrogen-bond acceptors (Lipinski definition) is 6. The molecular formula is C21H16N4O4. The van der Waals surface area contributed by atoms with Gasteiger partial charge in [0, 0.05) is 16.9 Å². The molecule has 0 aliphatic carbocycles. The summed E-state index contributed by atoms with van der Waals surface area (Å²) in [6.07, 6.45) is 1.21. The number of carbonyl (C=O) groups is 2. The number of hydrogen-bond donors (Lipinski definition) is 3. The summed E-state index contributed by atoms with van der Waals surface area (Å²) in [6, 6.07) is 16.8. The molecule has 0 spiro atoms. The van der Waals surface area contributed by atoms with E-state index < -0.39 is 17.2 Å². The summed E-state index contributed by atoms with van der Waals surface area (Å²) in [5.41, 5.74) is 0.880. The van der Waals surface area contributed by atoms with Crippen molar-refractivity contribution in [3.63, 3.8) is 0 Å². The van der Waals surface area contributed by atoms with E-state index in [4.69, 9.17) is 4.52 Å². The van der Waals surface area contributed by atoms with Crippen LogP contribution >= 0.6 is 0 Å². The maximum Gasteiger partial charge on any atom is 0.270 e. The largest absolute Gasteiger partial charge is 0.506 e. The third-order valence-electron chi connectivity index (χ3n) is 4.00. The summed E-state index contributed by atoms with van der Waals surface area (Å²) in [5, 5.41) is 28.3. The Morgan fingerprint density at radius 3 is 2.45 bits per heavy atom. The molecule has 3 N–H and O–H groups in total. The van der Waals surface area contributed by atoms with Crippen LogP contribution in [0.2, 0.25) is 0 Å². The van der Waals surface area contributed by atoms with E-state index in [0.717, 1.165) is 0 Å². The van der Waals surface area contributed by atoms with Crippen molar-refractivity contribution in [1.29, 1.82) is 5.26 Å². The molecule has 0 unspecified atom stereocenters. The Balaban J connectivity index is 1.79. The fourth-order valence-electron chi connectivity index (χ4n) is 2.53. The molecule has 8 heteroatoms. The number of carbonyl (C=O) groups excluding carboxylic acids is 2. The second-order valence-electron chi connectivity index (χ2n) is 5.99. The third-order valence-corrected chi connectivity index (χ3v) is 4.00. The summed E-state index contributed by atoms with van der Waals surface area (Å²) in [4.78, 5) is 24.9. The van der Waals surface area contributed by atoms with Gasteiger partial charge in [0.15, 0.2) is 11.3 Å². The van der Waals surface area contributed by atoms with Gasteiger partial charge in [-0.3, -0.25) is 9.59 Å². The molecule has 1 heterocycles. The lowest BCUT2D eigenvalue weighted by atomic mass is 10.1. The molecule has 3 rings (SSSR count). The number of nitriles is 1. The zero-order valence-electron chi connectivity index (χ0n) is 15.3. The lowest BCUT2D eigenvalue weighted by Crippen LogP contribution is -2.16. The Labute approximate surface area is 166 Å². The van der Waals surface area contributed by atoms with Crippen molar-refractivity contribution in [1.82, 2.24) is 5.16 Å². The SMILES string of the molecule is Cc1oncc1C(O)=C(C#N)C(=O)Nc1cccc(C(=O)Nc2ccccc2)c1. The highest BCUT2D eigenvalue weighted by atomic mass is 16.5. The first-order valence-electron chi connectivity index (χ1n) is 8.52. The van der Waals surface area contributed by atoms with Gasteiger partial charge in [0.05, 0.1) is 11.8 Å². The monoisotopic (exact) mass is 388 g/mol. The zero-order valence-corrected chi connectivity index (χ0v) is 15.3. The molecule has 29 heavy (non-hydrogen) atoms. The van der Waals surface area contributed by atoms with Gasteiger partial charge in [0.2, 0.25) is 0 Å². The summed E-state index contributed by atoms with van der Waals surface area (Å²) in [7, 11) is 0. The number of aliphatic hydroxyl groups excluding tert-OH is 1. The van der Waals surface area contributed by atoms with E-state index in [-0.39, 0.29) is 17.2 Å². The molecule has 2 aromatic carbocycles. The van der Waals surface area contributed by atoms with Crippen LogP contribution in [0.5, 0.6) is 0 Å². The normalized spacial score (nSPS) is 11.2. The van der Waals surface area contributed by atoms with Gasteiger partial charge in [-0.25, -0.2) is 0 Å². The molecule has 0 radical (unpaired) electrons. The van der Waals surface area contributed by atoms with Gasteiger partial charge in [-0.2, -0.15) is 5.26 Å². The van der Waals surface area contributed by atoms with Gasteiger partial charge in [-0.1, -0.05) is 29.4 Å². The van der Waals surface area contributed by atoms with Gasteiger partial charge < -0.3 is 20.3 Å².